The van der Waals surface area contributed by atoms with Gasteiger partial charge in [-0.25, -0.2) is 0 Å². The molecule has 0 bridgehead atoms. The Morgan fingerprint density at radius 2 is 2.25 bits per heavy atom. The van der Waals surface area contributed by atoms with Crippen molar-refractivity contribution in [2.24, 2.45) is 11.7 Å². The zero-order valence-corrected chi connectivity index (χ0v) is 8.60. The van der Waals surface area contributed by atoms with Crippen molar-refractivity contribution in [3.8, 4) is 0 Å². The number of rotatable bonds is 4. The van der Waals surface area contributed by atoms with E-state index in [0.29, 0.717) is 11.8 Å². The average Bonchev–Trinajstić information content (AvgIpc) is 2.55. The van der Waals surface area contributed by atoms with Gasteiger partial charge in [-0.15, -0.1) is 0 Å². The van der Waals surface area contributed by atoms with Crippen LogP contribution in [0.3, 0.4) is 0 Å². The van der Waals surface area contributed by atoms with Crippen molar-refractivity contribution in [3.05, 3.63) is 22.4 Å². The van der Waals surface area contributed by atoms with Crippen molar-refractivity contribution in [1.29, 1.82) is 0 Å². The highest BCUT2D eigenvalue weighted by Gasteiger charge is 2.13. The van der Waals surface area contributed by atoms with E-state index >= 15 is 0 Å². The van der Waals surface area contributed by atoms with Crippen LogP contribution in [0.4, 0.5) is 0 Å². The van der Waals surface area contributed by atoms with Gasteiger partial charge < -0.3 is 5.73 Å². The number of hydrogen-bond acceptors (Lipinski definition) is 2. The molecule has 2 heteroatoms. The van der Waals surface area contributed by atoms with Crippen LogP contribution >= 0.6 is 11.3 Å². The Morgan fingerprint density at radius 1 is 1.50 bits per heavy atom. The van der Waals surface area contributed by atoms with E-state index in [1.54, 1.807) is 11.3 Å². The van der Waals surface area contributed by atoms with Gasteiger partial charge in [0.25, 0.3) is 0 Å². The van der Waals surface area contributed by atoms with Crippen molar-refractivity contribution in [2.75, 3.05) is 6.54 Å². The molecule has 0 saturated heterocycles. The molecule has 1 rings (SSSR count). The van der Waals surface area contributed by atoms with E-state index in [1.165, 1.54) is 5.56 Å². The van der Waals surface area contributed by atoms with Gasteiger partial charge in [-0.2, -0.15) is 11.3 Å². The minimum Gasteiger partial charge on any atom is -0.330 e. The zero-order chi connectivity index (χ0) is 8.97. The molecule has 0 aliphatic rings. The van der Waals surface area contributed by atoms with Crippen LogP contribution in [0.25, 0.3) is 0 Å². The maximum absolute atomic E-state index is 5.52. The molecule has 0 amide bonds. The van der Waals surface area contributed by atoms with Crippen LogP contribution in [0.15, 0.2) is 16.8 Å². The molecule has 2 atom stereocenters. The molecule has 0 aromatic carbocycles. The summed E-state index contributed by atoms with van der Waals surface area (Å²) < 4.78 is 0. The summed E-state index contributed by atoms with van der Waals surface area (Å²) in [6.07, 6.45) is 1.12. The smallest absolute Gasteiger partial charge is 0.00584 e. The second kappa shape index (κ2) is 4.63. The average molecular weight is 183 g/mol. The largest absolute Gasteiger partial charge is 0.330 e. The molecule has 2 unspecified atom stereocenters. The summed E-state index contributed by atoms with van der Waals surface area (Å²) in [5.41, 5.74) is 6.98. The lowest BCUT2D eigenvalue weighted by Gasteiger charge is -2.17. The first kappa shape index (κ1) is 9.75. The standard InChI is InChI=1S/C10H17NS/c1-8(3-5-11)9(2)10-4-6-12-7-10/h4,6-9H,3,5,11H2,1-2H3. The topological polar surface area (TPSA) is 26.0 Å². The van der Waals surface area contributed by atoms with Crippen LogP contribution in [-0.4, -0.2) is 6.54 Å². The molecule has 0 aliphatic carbocycles. The third-order valence-corrected chi connectivity index (χ3v) is 3.25. The molecule has 68 valence electrons. The molecule has 0 aliphatic heterocycles. The van der Waals surface area contributed by atoms with Gasteiger partial charge in [-0.05, 0) is 47.2 Å². The van der Waals surface area contributed by atoms with Crippen molar-refractivity contribution in [2.45, 2.75) is 26.2 Å². The van der Waals surface area contributed by atoms with E-state index in [-0.39, 0.29) is 0 Å². The Labute approximate surface area is 78.6 Å². The van der Waals surface area contributed by atoms with Crippen LogP contribution in [0.5, 0.6) is 0 Å². The molecule has 1 aromatic rings. The van der Waals surface area contributed by atoms with Crippen LogP contribution in [-0.2, 0) is 0 Å². The van der Waals surface area contributed by atoms with Crippen LogP contribution < -0.4 is 5.73 Å². The van der Waals surface area contributed by atoms with E-state index < -0.39 is 0 Å². The van der Waals surface area contributed by atoms with Crippen LogP contribution in [0.2, 0.25) is 0 Å². The van der Waals surface area contributed by atoms with Crippen molar-refractivity contribution >= 4 is 11.3 Å². The molecule has 0 fully saturated rings. The molecule has 2 N–H and O–H groups in total. The minimum atomic E-state index is 0.653. The van der Waals surface area contributed by atoms with Gasteiger partial charge in [0.2, 0.25) is 0 Å². The monoisotopic (exact) mass is 183 g/mol. The highest BCUT2D eigenvalue weighted by Crippen LogP contribution is 2.27. The SMILES string of the molecule is CC(CCN)C(C)c1ccsc1. The summed E-state index contributed by atoms with van der Waals surface area (Å²) in [6.45, 7) is 5.35. The first-order valence-electron chi connectivity index (χ1n) is 4.48. The summed E-state index contributed by atoms with van der Waals surface area (Å²) in [4.78, 5) is 0. The number of thiophene rings is 1. The number of hydrogen-bond donors (Lipinski definition) is 1. The molecule has 0 radical (unpaired) electrons. The van der Waals surface area contributed by atoms with Gasteiger partial charge in [0.05, 0.1) is 0 Å². The van der Waals surface area contributed by atoms with E-state index in [0.717, 1.165) is 13.0 Å². The predicted octanol–water partition coefficient (Wildman–Crippen LogP) is 2.84. The molecule has 0 spiro atoms. The quantitative estimate of drug-likeness (QED) is 0.763. The highest BCUT2D eigenvalue weighted by molar-refractivity contribution is 7.07. The fourth-order valence-corrected chi connectivity index (χ4v) is 2.14. The Kier molecular flexibility index (Phi) is 3.76. The molecule has 1 heterocycles. The molecular formula is C10H17NS. The zero-order valence-electron chi connectivity index (χ0n) is 7.79. The first-order chi connectivity index (χ1) is 5.75. The normalized spacial score (nSPS) is 15.9. The summed E-state index contributed by atoms with van der Waals surface area (Å²) in [7, 11) is 0. The van der Waals surface area contributed by atoms with E-state index in [9.17, 15) is 0 Å². The van der Waals surface area contributed by atoms with Crippen molar-refractivity contribution < 1.29 is 0 Å². The maximum atomic E-state index is 5.52. The summed E-state index contributed by atoms with van der Waals surface area (Å²) in [5.74, 6) is 1.35. The van der Waals surface area contributed by atoms with E-state index in [2.05, 4.69) is 30.7 Å². The summed E-state index contributed by atoms with van der Waals surface area (Å²) in [5, 5.41) is 4.37. The van der Waals surface area contributed by atoms with Crippen LogP contribution in [0.1, 0.15) is 31.7 Å². The van der Waals surface area contributed by atoms with Gasteiger partial charge in [0, 0.05) is 0 Å². The van der Waals surface area contributed by atoms with Gasteiger partial charge in [-0.1, -0.05) is 13.8 Å². The number of nitrogens with two attached hydrogens (primary N) is 1. The van der Waals surface area contributed by atoms with Crippen molar-refractivity contribution in [3.63, 3.8) is 0 Å². The highest BCUT2D eigenvalue weighted by atomic mass is 32.1. The minimum absolute atomic E-state index is 0.653. The molecule has 1 aromatic heterocycles. The van der Waals surface area contributed by atoms with E-state index in [1.807, 2.05) is 0 Å². The van der Waals surface area contributed by atoms with Gasteiger partial charge in [-0.3, -0.25) is 0 Å². The van der Waals surface area contributed by atoms with Gasteiger partial charge >= 0.3 is 0 Å². The van der Waals surface area contributed by atoms with Crippen molar-refractivity contribution in [1.82, 2.24) is 0 Å². The first-order valence-corrected chi connectivity index (χ1v) is 5.42. The fraction of sp³-hybridized carbons (Fsp3) is 0.600. The van der Waals surface area contributed by atoms with Gasteiger partial charge in [0.15, 0.2) is 0 Å². The Hall–Kier alpha value is -0.340. The second-order valence-electron chi connectivity index (χ2n) is 3.40. The lowest BCUT2D eigenvalue weighted by Crippen LogP contribution is -2.11. The predicted molar refractivity (Wildman–Crippen MR) is 55.6 cm³/mol. The van der Waals surface area contributed by atoms with Crippen LogP contribution in [0, 0.1) is 5.92 Å². The summed E-state index contributed by atoms with van der Waals surface area (Å²) in [6, 6.07) is 2.21. The van der Waals surface area contributed by atoms with E-state index in [4.69, 9.17) is 5.73 Å². The lowest BCUT2D eigenvalue weighted by atomic mass is 9.88. The van der Waals surface area contributed by atoms with Gasteiger partial charge in [0.1, 0.15) is 0 Å². The lowest BCUT2D eigenvalue weighted by molar-refractivity contribution is 0.460. The second-order valence-corrected chi connectivity index (χ2v) is 4.18. The third kappa shape index (κ3) is 2.32. The fourth-order valence-electron chi connectivity index (χ4n) is 1.38. The maximum Gasteiger partial charge on any atom is -0.00584 e. The summed E-state index contributed by atoms with van der Waals surface area (Å²) >= 11 is 1.77. The molecule has 0 saturated carbocycles. The molecule has 12 heavy (non-hydrogen) atoms. The Morgan fingerprint density at radius 3 is 2.75 bits per heavy atom. The third-order valence-electron chi connectivity index (χ3n) is 2.54. The Bertz CT molecular complexity index is 206. The molecular weight excluding hydrogens is 166 g/mol. The molecule has 1 nitrogen and oxygen atoms in total. The Balaban J connectivity index is 2.53.